The number of carboxylic acids is 1. The minimum Gasteiger partial charge on any atom is -0.476 e. The average molecular weight is 332 g/mol. The van der Waals surface area contributed by atoms with Gasteiger partial charge < -0.3 is 9.52 Å². The maximum atomic E-state index is 11.1. The van der Waals surface area contributed by atoms with E-state index < -0.39 is 5.97 Å². The minimum absolute atomic E-state index is 0.0944. The number of carbonyl (C=O) groups is 1. The molecule has 4 aromatic rings. The lowest BCUT2D eigenvalue weighted by molar-refractivity contribution is 0.0691. The number of aromatic amines is 1. The summed E-state index contributed by atoms with van der Waals surface area (Å²) in [6, 6.07) is 15.3. The molecule has 0 atom stereocenters. The quantitative estimate of drug-likeness (QED) is 0.592. The van der Waals surface area contributed by atoms with Gasteiger partial charge in [0.15, 0.2) is 5.69 Å². The smallest absolute Gasteiger partial charge is 0.358 e. The van der Waals surface area contributed by atoms with Gasteiger partial charge in [0, 0.05) is 11.1 Å². The number of aromatic carboxylic acids is 1. The molecule has 0 saturated carbocycles. The Morgan fingerprint density at radius 3 is 2.04 bits per heavy atom. The van der Waals surface area contributed by atoms with Gasteiger partial charge >= 0.3 is 5.97 Å². The third-order valence-corrected chi connectivity index (χ3v) is 3.81. The number of aromatic nitrogens is 4. The van der Waals surface area contributed by atoms with E-state index >= 15 is 0 Å². The van der Waals surface area contributed by atoms with Crippen molar-refractivity contribution in [2.24, 2.45) is 0 Å². The van der Waals surface area contributed by atoms with E-state index in [4.69, 9.17) is 9.52 Å². The molecule has 0 bridgehead atoms. The first-order valence-corrected chi connectivity index (χ1v) is 7.47. The maximum absolute atomic E-state index is 11.1. The van der Waals surface area contributed by atoms with Crippen LogP contribution in [-0.4, -0.2) is 31.5 Å². The molecule has 0 saturated heterocycles. The van der Waals surface area contributed by atoms with Crippen LogP contribution in [0.15, 0.2) is 65.4 Å². The highest BCUT2D eigenvalue weighted by Crippen LogP contribution is 2.27. The topological polar surface area (TPSA) is 105 Å². The summed E-state index contributed by atoms with van der Waals surface area (Å²) in [5.74, 6) is -0.538. The monoisotopic (exact) mass is 332 g/mol. The summed E-state index contributed by atoms with van der Waals surface area (Å²) in [5, 5.41) is 19.0. The highest BCUT2D eigenvalue weighted by atomic mass is 16.4. The van der Waals surface area contributed by atoms with Crippen molar-refractivity contribution in [2.75, 3.05) is 0 Å². The second kappa shape index (κ2) is 6.04. The van der Waals surface area contributed by atoms with Crippen LogP contribution in [0.4, 0.5) is 0 Å². The zero-order valence-electron chi connectivity index (χ0n) is 12.9. The number of carboxylic acid groups (broad SMARTS) is 1. The molecule has 25 heavy (non-hydrogen) atoms. The van der Waals surface area contributed by atoms with E-state index in [-0.39, 0.29) is 5.69 Å². The zero-order chi connectivity index (χ0) is 17.2. The Morgan fingerprint density at radius 2 is 1.48 bits per heavy atom. The number of nitrogens with one attached hydrogen (secondary N) is 1. The van der Waals surface area contributed by atoms with Gasteiger partial charge in [0.25, 0.3) is 0 Å². The predicted molar refractivity (Wildman–Crippen MR) is 89.7 cm³/mol. The van der Waals surface area contributed by atoms with Crippen LogP contribution in [0.25, 0.3) is 33.8 Å². The first-order valence-electron chi connectivity index (χ1n) is 7.47. The molecule has 2 heterocycles. The molecule has 122 valence electrons. The van der Waals surface area contributed by atoms with E-state index in [1.54, 1.807) is 6.20 Å². The summed E-state index contributed by atoms with van der Waals surface area (Å²) in [4.78, 5) is 15.3. The van der Waals surface area contributed by atoms with Crippen LogP contribution in [-0.2, 0) is 0 Å². The van der Waals surface area contributed by atoms with Crippen molar-refractivity contribution in [1.82, 2.24) is 20.4 Å². The van der Waals surface area contributed by atoms with Crippen molar-refractivity contribution >= 4 is 5.97 Å². The van der Waals surface area contributed by atoms with Crippen molar-refractivity contribution in [3.05, 3.63) is 66.7 Å². The summed E-state index contributed by atoms with van der Waals surface area (Å²) < 4.78 is 5.28. The van der Waals surface area contributed by atoms with E-state index in [0.29, 0.717) is 17.1 Å². The molecule has 0 aliphatic carbocycles. The highest BCUT2D eigenvalue weighted by Gasteiger charge is 2.16. The molecular weight excluding hydrogens is 320 g/mol. The molecular formula is C18H12N4O3. The van der Waals surface area contributed by atoms with Gasteiger partial charge in [-0.1, -0.05) is 36.4 Å². The average Bonchev–Trinajstić information content (AvgIpc) is 3.34. The van der Waals surface area contributed by atoms with Crippen LogP contribution in [0, 0.1) is 0 Å². The van der Waals surface area contributed by atoms with Gasteiger partial charge in [0.1, 0.15) is 12.0 Å². The molecule has 7 heteroatoms. The molecule has 2 N–H and O–H groups in total. The van der Waals surface area contributed by atoms with Crippen LogP contribution in [0.3, 0.4) is 0 Å². The van der Waals surface area contributed by atoms with Gasteiger partial charge in [-0.3, -0.25) is 0 Å². The first kappa shape index (κ1) is 14.8. The molecule has 0 spiro atoms. The fraction of sp³-hybridized carbons (Fsp3) is 0. The molecule has 0 aliphatic heterocycles. The standard InChI is InChI=1S/C18H12N4O3/c23-18(24)16-15(20-22-21-16)13-5-1-11(2-6-13)12-3-7-14(8-4-12)17-19-9-10-25-17/h1-10H,(H,23,24)(H,20,21,22). The normalized spacial score (nSPS) is 10.7. The van der Waals surface area contributed by atoms with E-state index in [0.717, 1.165) is 16.7 Å². The number of benzene rings is 2. The minimum atomic E-state index is -1.12. The first-order chi connectivity index (χ1) is 12.2. The number of hydrogen-bond donors (Lipinski definition) is 2. The van der Waals surface area contributed by atoms with Crippen LogP contribution in [0.5, 0.6) is 0 Å². The third kappa shape index (κ3) is 2.78. The fourth-order valence-corrected chi connectivity index (χ4v) is 2.57. The van der Waals surface area contributed by atoms with Crippen molar-refractivity contribution in [1.29, 1.82) is 0 Å². The van der Waals surface area contributed by atoms with E-state index in [1.165, 1.54) is 6.26 Å². The molecule has 0 unspecified atom stereocenters. The number of oxazole rings is 1. The van der Waals surface area contributed by atoms with Gasteiger partial charge in [0.2, 0.25) is 5.89 Å². The number of nitrogens with zero attached hydrogens (tertiary/aromatic N) is 3. The number of hydrogen-bond acceptors (Lipinski definition) is 5. The summed E-state index contributed by atoms with van der Waals surface area (Å²) in [5.41, 5.74) is 3.84. The zero-order valence-corrected chi connectivity index (χ0v) is 12.9. The van der Waals surface area contributed by atoms with Crippen molar-refractivity contribution < 1.29 is 14.3 Å². The van der Waals surface area contributed by atoms with E-state index in [2.05, 4.69) is 20.4 Å². The number of rotatable bonds is 4. The van der Waals surface area contributed by atoms with Crippen LogP contribution in [0.2, 0.25) is 0 Å². The number of H-pyrrole nitrogens is 1. The van der Waals surface area contributed by atoms with Crippen molar-refractivity contribution in [2.45, 2.75) is 0 Å². The Balaban J connectivity index is 1.62. The maximum Gasteiger partial charge on any atom is 0.358 e. The molecule has 2 aromatic carbocycles. The molecule has 0 fully saturated rings. The second-order valence-corrected chi connectivity index (χ2v) is 5.32. The Kier molecular flexibility index (Phi) is 3.59. The molecule has 2 aromatic heterocycles. The Labute approximate surface area is 142 Å². The van der Waals surface area contributed by atoms with Gasteiger partial charge in [-0.2, -0.15) is 10.3 Å². The lowest BCUT2D eigenvalue weighted by Crippen LogP contribution is -1.99. The summed E-state index contributed by atoms with van der Waals surface area (Å²) >= 11 is 0. The molecule has 0 amide bonds. The van der Waals surface area contributed by atoms with E-state index in [9.17, 15) is 4.79 Å². The van der Waals surface area contributed by atoms with E-state index in [1.807, 2.05) is 48.5 Å². The summed E-state index contributed by atoms with van der Waals surface area (Å²) in [6.07, 6.45) is 3.15. The van der Waals surface area contributed by atoms with Crippen molar-refractivity contribution in [3.63, 3.8) is 0 Å². The lowest BCUT2D eigenvalue weighted by Gasteiger charge is -2.04. The summed E-state index contributed by atoms with van der Waals surface area (Å²) in [7, 11) is 0. The van der Waals surface area contributed by atoms with Crippen LogP contribution >= 0.6 is 0 Å². The second-order valence-electron chi connectivity index (χ2n) is 5.32. The largest absolute Gasteiger partial charge is 0.476 e. The fourth-order valence-electron chi connectivity index (χ4n) is 2.57. The highest BCUT2D eigenvalue weighted by molar-refractivity contribution is 5.92. The van der Waals surface area contributed by atoms with Gasteiger partial charge in [0.05, 0.1) is 6.20 Å². The van der Waals surface area contributed by atoms with Gasteiger partial charge in [-0.15, -0.1) is 5.10 Å². The van der Waals surface area contributed by atoms with Crippen LogP contribution in [0.1, 0.15) is 10.5 Å². The molecule has 0 radical (unpaired) electrons. The Bertz CT molecular complexity index is 1000. The Morgan fingerprint density at radius 1 is 0.880 bits per heavy atom. The van der Waals surface area contributed by atoms with Crippen LogP contribution < -0.4 is 0 Å². The summed E-state index contributed by atoms with van der Waals surface area (Å²) in [6.45, 7) is 0. The predicted octanol–water partition coefficient (Wildman–Crippen LogP) is 3.49. The van der Waals surface area contributed by atoms with Gasteiger partial charge in [-0.05, 0) is 23.3 Å². The third-order valence-electron chi connectivity index (χ3n) is 3.81. The Hall–Kier alpha value is -3.74. The SMILES string of the molecule is O=C(O)c1n[nH]nc1-c1ccc(-c2ccc(-c3ncco3)cc2)cc1. The van der Waals surface area contributed by atoms with Crippen molar-refractivity contribution in [3.8, 4) is 33.8 Å². The molecule has 0 aliphatic rings. The molecule has 7 nitrogen and oxygen atoms in total. The van der Waals surface area contributed by atoms with Gasteiger partial charge in [-0.25, -0.2) is 9.78 Å². The lowest BCUT2D eigenvalue weighted by atomic mass is 10.0. The molecule has 4 rings (SSSR count).